The van der Waals surface area contributed by atoms with Crippen LogP contribution in [-0.4, -0.2) is 30.3 Å². The predicted octanol–water partition coefficient (Wildman–Crippen LogP) is 5.76. The molecule has 31 heavy (non-hydrogen) atoms. The highest BCUT2D eigenvalue weighted by Gasteiger charge is 2.33. The van der Waals surface area contributed by atoms with E-state index in [4.69, 9.17) is 32.7 Å². The van der Waals surface area contributed by atoms with Crippen molar-refractivity contribution < 1.29 is 14.3 Å². The van der Waals surface area contributed by atoms with Crippen LogP contribution < -0.4 is 9.47 Å². The Labute approximate surface area is 190 Å². The van der Waals surface area contributed by atoms with E-state index < -0.39 is 0 Å². The Morgan fingerprint density at radius 3 is 2.48 bits per heavy atom. The average molecular weight is 455 g/mol. The van der Waals surface area contributed by atoms with E-state index in [1.165, 1.54) is 5.01 Å². The summed E-state index contributed by atoms with van der Waals surface area (Å²) in [5.74, 6) is 0.883. The first-order chi connectivity index (χ1) is 15.0. The summed E-state index contributed by atoms with van der Waals surface area (Å²) in [5.41, 5.74) is 2.80. The highest BCUT2D eigenvalue weighted by Crippen LogP contribution is 2.34. The molecule has 0 aromatic heterocycles. The molecule has 7 heteroatoms. The topological polar surface area (TPSA) is 51.1 Å². The number of nitrogens with zero attached hydrogens (tertiary/aromatic N) is 2. The molecule has 4 rings (SSSR count). The summed E-state index contributed by atoms with van der Waals surface area (Å²) in [7, 11) is 1.62. The number of hydrogen-bond acceptors (Lipinski definition) is 4. The van der Waals surface area contributed by atoms with Gasteiger partial charge < -0.3 is 9.47 Å². The predicted molar refractivity (Wildman–Crippen MR) is 122 cm³/mol. The maximum absolute atomic E-state index is 13.1. The molecule has 0 unspecified atom stereocenters. The van der Waals surface area contributed by atoms with Crippen molar-refractivity contribution in [2.75, 3.05) is 13.7 Å². The van der Waals surface area contributed by atoms with Gasteiger partial charge in [-0.2, -0.15) is 5.10 Å². The largest absolute Gasteiger partial charge is 0.497 e. The first-order valence-corrected chi connectivity index (χ1v) is 10.5. The second-order valence-electron chi connectivity index (χ2n) is 7.01. The van der Waals surface area contributed by atoms with Gasteiger partial charge in [0.2, 0.25) is 0 Å². The Bertz CT molecular complexity index is 1100. The van der Waals surface area contributed by atoms with Crippen LogP contribution >= 0.6 is 23.2 Å². The first kappa shape index (κ1) is 21.2. The minimum absolute atomic E-state index is 0.195. The van der Waals surface area contributed by atoms with Crippen molar-refractivity contribution >= 4 is 34.8 Å². The molecule has 1 amide bonds. The number of ether oxygens (including phenoxy) is 2. The number of carbonyl (C=O) groups is 1. The Balaban J connectivity index is 1.57. The Morgan fingerprint density at radius 2 is 1.81 bits per heavy atom. The number of carbonyl (C=O) groups excluding carboxylic acids is 1. The molecular formula is C24H20Cl2N2O3. The summed E-state index contributed by atoms with van der Waals surface area (Å²) in [6.45, 7) is -0.195. The van der Waals surface area contributed by atoms with Crippen molar-refractivity contribution in [3.63, 3.8) is 0 Å². The van der Waals surface area contributed by atoms with Crippen molar-refractivity contribution in [2.45, 2.75) is 12.5 Å². The van der Waals surface area contributed by atoms with Crippen molar-refractivity contribution in [1.29, 1.82) is 0 Å². The molecule has 3 aromatic rings. The van der Waals surface area contributed by atoms with Crippen molar-refractivity contribution in [3.8, 4) is 11.5 Å². The van der Waals surface area contributed by atoms with Crippen molar-refractivity contribution in [3.05, 3.63) is 94.0 Å². The van der Waals surface area contributed by atoms with E-state index >= 15 is 0 Å². The fourth-order valence-electron chi connectivity index (χ4n) is 3.43. The van der Waals surface area contributed by atoms with Crippen LogP contribution in [0.25, 0.3) is 0 Å². The number of benzene rings is 3. The van der Waals surface area contributed by atoms with Gasteiger partial charge in [0.1, 0.15) is 11.5 Å². The lowest BCUT2D eigenvalue weighted by Gasteiger charge is -2.22. The van der Waals surface area contributed by atoms with Gasteiger partial charge in [0.25, 0.3) is 5.91 Å². The van der Waals surface area contributed by atoms with Crippen LogP contribution in [0.15, 0.2) is 77.9 Å². The van der Waals surface area contributed by atoms with Gasteiger partial charge >= 0.3 is 0 Å². The summed E-state index contributed by atoms with van der Waals surface area (Å²) in [4.78, 5) is 13.1. The van der Waals surface area contributed by atoms with Gasteiger partial charge in [-0.3, -0.25) is 4.79 Å². The van der Waals surface area contributed by atoms with Crippen LogP contribution in [-0.2, 0) is 4.79 Å². The van der Waals surface area contributed by atoms with Crippen LogP contribution in [0.5, 0.6) is 11.5 Å². The van der Waals surface area contributed by atoms with Gasteiger partial charge in [-0.1, -0.05) is 65.7 Å². The molecular weight excluding hydrogens is 435 g/mol. The number of halogens is 2. The average Bonchev–Trinajstić information content (AvgIpc) is 3.25. The molecule has 3 aromatic carbocycles. The molecule has 1 aliphatic heterocycles. The van der Waals surface area contributed by atoms with Crippen LogP contribution in [0, 0.1) is 0 Å². The number of amides is 1. The maximum atomic E-state index is 13.1. The summed E-state index contributed by atoms with van der Waals surface area (Å²) < 4.78 is 10.9. The third kappa shape index (κ3) is 4.84. The van der Waals surface area contributed by atoms with E-state index in [0.29, 0.717) is 22.2 Å². The summed E-state index contributed by atoms with van der Waals surface area (Å²) in [6, 6.07) is 22.1. The molecule has 1 heterocycles. The van der Waals surface area contributed by atoms with Gasteiger partial charge in [-0.25, -0.2) is 5.01 Å². The molecule has 158 valence electrons. The van der Waals surface area contributed by atoms with E-state index in [-0.39, 0.29) is 18.6 Å². The fraction of sp³-hybridized carbons (Fsp3) is 0.167. The number of rotatable bonds is 6. The standard InChI is InChI=1S/C24H20Cl2N2O3/c1-30-19-10-7-17(8-11-19)22-14-21(16-5-3-2-4-6-16)27-28(22)24(29)15-31-23-12-9-18(25)13-20(23)26/h2-13,22H,14-15H2,1H3/t22-/m0/s1. The monoisotopic (exact) mass is 454 g/mol. The minimum Gasteiger partial charge on any atom is -0.497 e. The molecule has 0 spiro atoms. The van der Waals surface area contributed by atoms with Crippen LogP contribution in [0.4, 0.5) is 0 Å². The molecule has 0 N–H and O–H groups in total. The van der Waals surface area contributed by atoms with Gasteiger partial charge in [0.15, 0.2) is 6.61 Å². The van der Waals surface area contributed by atoms with E-state index in [1.807, 2.05) is 54.6 Å². The molecule has 1 aliphatic rings. The maximum Gasteiger partial charge on any atom is 0.281 e. The lowest BCUT2D eigenvalue weighted by atomic mass is 9.98. The highest BCUT2D eigenvalue weighted by molar-refractivity contribution is 6.35. The number of hydrogen-bond donors (Lipinski definition) is 0. The lowest BCUT2D eigenvalue weighted by Crippen LogP contribution is -2.31. The smallest absolute Gasteiger partial charge is 0.281 e. The third-order valence-electron chi connectivity index (χ3n) is 5.02. The quantitative estimate of drug-likeness (QED) is 0.475. The zero-order valence-electron chi connectivity index (χ0n) is 16.8. The van der Waals surface area contributed by atoms with Crippen molar-refractivity contribution in [1.82, 2.24) is 5.01 Å². The molecule has 0 saturated carbocycles. The Kier molecular flexibility index (Phi) is 6.44. The van der Waals surface area contributed by atoms with E-state index in [9.17, 15) is 4.79 Å². The zero-order valence-corrected chi connectivity index (χ0v) is 18.3. The minimum atomic E-state index is -0.266. The van der Waals surface area contributed by atoms with Gasteiger partial charge in [0.05, 0.1) is 23.9 Å². The third-order valence-corrected chi connectivity index (χ3v) is 5.55. The van der Waals surface area contributed by atoms with Gasteiger partial charge in [-0.15, -0.1) is 0 Å². The van der Waals surface area contributed by atoms with E-state index in [0.717, 1.165) is 22.6 Å². The summed E-state index contributed by atoms with van der Waals surface area (Å²) >= 11 is 12.1. The summed E-state index contributed by atoms with van der Waals surface area (Å²) in [5, 5.41) is 6.99. The van der Waals surface area contributed by atoms with Crippen LogP contribution in [0.2, 0.25) is 10.0 Å². The van der Waals surface area contributed by atoms with Crippen molar-refractivity contribution in [2.24, 2.45) is 5.10 Å². The molecule has 0 bridgehead atoms. The Morgan fingerprint density at radius 1 is 1.06 bits per heavy atom. The lowest BCUT2D eigenvalue weighted by molar-refractivity contribution is -0.135. The second-order valence-corrected chi connectivity index (χ2v) is 7.85. The fourth-order valence-corrected chi connectivity index (χ4v) is 3.89. The molecule has 0 radical (unpaired) electrons. The van der Waals surface area contributed by atoms with Gasteiger partial charge in [-0.05, 0) is 41.5 Å². The van der Waals surface area contributed by atoms with Crippen LogP contribution in [0.3, 0.4) is 0 Å². The van der Waals surface area contributed by atoms with E-state index in [1.54, 1.807) is 25.3 Å². The van der Waals surface area contributed by atoms with Gasteiger partial charge in [0, 0.05) is 11.4 Å². The normalized spacial score (nSPS) is 15.5. The van der Waals surface area contributed by atoms with E-state index in [2.05, 4.69) is 5.10 Å². The molecule has 1 atom stereocenters. The SMILES string of the molecule is COc1ccc([C@@H]2CC(c3ccccc3)=NN2C(=O)COc2ccc(Cl)cc2Cl)cc1. The highest BCUT2D eigenvalue weighted by atomic mass is 35.5. The molecule has 0 fully saturated rings. The van der Waals surface area contributed by atoms with Crippen LogP contribution in [0.1, 0.15) is 23.6 Å². The second kappa shape index (κ2) is 9.41. The molecule has 0 aliphatic carbocycles. The molecule has 5 nitrogen and oxygen atoms in total. The number of methoxy groups -OCH3 is 1. The molecule has 0 saturated heterocycles. The number of hydrazone groups is 1. The summed E-state index contributed by atoms with van der Waals surface area (Å²) in [6.07, 6.45) is 0.601. The zero-order chi connectivity index (χ0) is 21.8. The Hall–Kier alpha value is -3.02. The first-order valence-electron chi connectivity index (χ1n) is 9.72.